The molecule has 0 atom stereocenters. The van der Waals surface area contributed by atoms with E-state index >= 15 is 0 Å². The summed E-state index contributed by atoms with van der Waals surface area (Å²) in [5, 5.41) is 2.64. The monoisotopic (exact) mass is 337 g/mol. The minimum absolute atomic E-state index is 0.142. The van der Waals surface area contributed by atoms with Crippen LogP contribution < -0.4 is 10.1 Å². The summed E-state index contributed by atoms with van der Waals surface area (Å²) in [5.41, 5.74) is 0.934. The van der Waals surface area contributed by atoms with Crippen LogP contribution in [0.1, 0.15) is 47.1 Å². The molecule has 0 fully saturated rings. The Morgan fingerprint density at radius 1 is 0.958 bits per heavy atom. The summed E-state index contributed by atoms with van der Waals surface area (Å²) < 4.78 is 16.2. The van der Waals surface area contributed by atoms with E-state index in [0.717, 1.165) is 5.75 Å². The highest BCUT2D eigenvalue weighted by Crippen LogP contribution is 2.24. The van der Waals surface area contributed by atoms with Crippen LogP contribution in [0.15, 0.2) is 24.3 Å². The molecule has 0 unspecified atom stereocenters. The highest BCUT2D eigenvalue weighted by Gasteiger charge is 2.15. The van der Waals surface area contributed by atoms with Gasteiger partial charge in [-0.05, 0) is 43.9 Å². The largest absolute Gasteiger partial charge is 0.491 e. The van der Waals surface area contributed by atoms with Crippen LogP contribution in [-0.2, 0) is 14.9 Å². The fourth-order valence-electron chi connectivity index (χ4n) is 1.91. The molecule has 0 saturated heterocycles. The normalized spacial score (nSPS) is 11.9. The Morgan fingerprint density at radius 3 is 2.12 bits per heavy atom. The van der Waals surface area contributed by atoms with E-state index in [1.54, 1.807) is 0 Å². The molecule has 0 aliphatic rings. The van der Waals surface area contributed by atoms with Gasteiger partial charge in [-0.1, -0.05) is 32.9 Å². The molecule has 0 saturated carbocycles. The minimum Gasteiger partial charge on any atom is -0.491 e. The van der Waals surface area contributed by atoms with E-state index in [1.807, 2.05) is 32.9 Å². The highest BCUT2D eigenvalue weighted by atomic mass is 16.6. The summed E-state index contributed by atoms with van der Waals surface area (Å²) in [5.74, 6) is 0.832. The number of nitrogens with one attached hydrogen (secondary N) is 1. The molecular weight excluding hydrogens is 306 g/mol. The Kier molecular flexibility index (Phi) is 7.55. The van der Waals surface area contributed by atoms with Gasteiger partial charge in [-0.2, -0.15) is 0 Å². The lowest BCUT2D eigenvalue weighted by molar-refractivity contribution is 0.0489. The molecule has 5 heteroatoms. The van der Waals surface area contributed by atoms with E-state index in [2.05, 4.69) is 38.2 Å². The van der Waals surface area contributed by atoms with Gasteiger partial charge in [-0.25, -0.2) is 4.79 Å². The van der Waals surface area contributed by atoms with E-state index in [0.29, 0.717) is 26.4 Å². The zero-order chi connectivity index (χ0) is 18.2. The van der Waals surface area contributed by atoms with E-state index in [1.165, 1.54) is 5.56 Å². The first-order valence-corrected chi connectivity index (χ1v) is 8.36. The maximum Gasteiger partial charge on any atom is 0.407 e. The lowest BCUT2D eigenvalue weighted by Crippen LogP contribution is -2.34. The Morgan fingerprint density at radius 2 is 1.58 bits per heavy atom. The Labute approximate surface area is 145 Å². The quantitative estimate of drug-likeness (QED) is 0.767. The topological polar surface area (TPSA) is 56.8 Å². The molecule has 1 N–H and O–H groups in total. The van der Waals surface area contributed by atoms with Crippen molar-refractivity contribution >= 4 is 6.09 Å². The molecule has 0 radical (unpaired) electrons. The maximum atomic E-state index is 11.4. The summed E-state index contributed by atoms with van der Waals surface area (Å²) >= 11 is 0. The lowest BCUT2D eigenvalue weighted by Gasteiger charge is -2.19. The van der Waals surface area contributed by atoms with Crippen molar-refractivity contribution < 1.29 is 19.0 Å². The minimum atomic E-state index is -0.485. The molecule has 24 heavy (non-hydrogen) atoms. The third-order valence-electron chi connectivity index (χ3n) is 3.13. The second-order valence-electron chi connectivity index (χ2n) is 7.66. The highest BCUT2D eigenvalue weighted by molar-refractivity contribution is 5.67. The SMILES string of the molecule is CC(C)(C)OC(=O)NCCOCCOc1ccc(C(C)(C)C)cc1. The third kappa shape index (κ3) is 8.77. The second kappa shape index (κ2) is 8.92. The smallest absolute Gasteiger partial charge is 0.407 e. The van der Waals surface area contributed by atoms with Crippen molar-refractivity contribution in [2.24, 2.45) is 0 Å². The number of benzene rings is 1. The molecule has 1 aromatic carbocycles. The first-order valence-electron chi connectivity index (χ1n) is 8.36. The van der Waals surface area contributed by atoms with Gasteiger partial charge in [-0.3, -0.25) is 0 Å². The Hall–Kier alpha value is -1.75. The number of carbonyl (C=O) groups excluding carboxylic acids is 1. The van der Waals surface area contributed by atoms with Gasteiger partial charge in [0, 0.05) is 6.54 Å². The third-order valence-corrected chi connectivity index (χ3v) is 3.13. The number of hydrogen-bond donors (Lipinski definition) is 1. The van der Waals surface area contributed by atoms with E-state index < -0.39 is 11.7 Å². The molecule has 0 spiro atoms. The zero-order valence-electron chi connectivity index (χ0n) is 15.8. The van der Waals surface area contributed by atoms with Crippen molar-refractivity contribution in [3.05, 3.63) is 29.8 Å². The van der Waals surface area contributed by atoms with Gasteiger partial charge in [0.05, 0.1) is 13.2 Å². The van der Waals surface area contributed by atoms with Crippen LogP contribution in [-0.4, -0.2) is 38.1 Å². The van der Waals surface area contributed by atoms with Gasteiger partial charge in [-0.15, -0.1) is 0 Å². The standard InChI is InChI=1S/C19H31NO4/c1-18(2,3)15-7-9-16(10-8-15)23-14-13-22-12-11-20-17(21)24-19(4,5)6/h7-10H,11-14H2,1-6H3,(H,20,21). The van der Waals surface area contributed by atoms with Crippen LogP contribution in [0.4, 0.5) is 4.79 Å². The van der Waals surface area contributed by atoms with Crippen LogP contribution >= 0.6 is 0 Å². The molecular formula is C19H31NO4. The number of carbonyl (C=O) groups is 1. The van der Waals surface area contributed by atoms with Gasteiger partial charge >= 0.3 is 6.09 Å². The average molecular weight is 337 g/mol. The van der Waals surface area contributed by atoms with Crippen LogP contribution in [0.5, 0.6) is 5.75 Å². The predicted molar refractivity (Wildman–Crippen MR) is 95.7 cm³/mol. The molecule has 136 valence electrons. The van der Waals surface area contributed by atoms with Gasteiger partial charge < -0.3 is 19.5 Å². The van der Waals surface area contributed by atoms with Crippen molar-refractivity contribution in [1.82, 2.24) is 5.32 Å². The summed E-state index contributed by atoms with van der Waals surface area (Å²) in [4.78, 5) is 11.4. The number of hydrogen-bond acceptors (Lipinski definition) is 4. The van der Waals surface area contributed by atoms with Gasteiger partial charge in [0.1, 0.15) is 18.0 Å². The van der Waals surface area contributed by atoms with E-state index in [9.17, 15) is 4.79 Å². The lowest BCUT2D eigenvalue weighted by atomic mass is 9.87. The van der Waals surface area contributed by atoms with Crippen molar-refractivity contribution in [2.45, 2.75) is 52.6 Å². The van der Waals surface area contributed by atoms with Gasteiger partial charge in [0.2, 0.25) is 0 Å². The predicted octanol–water partition coefficient (Wildman–Crippen LogP) is 3.90. The van der Waals surface area contributed by atoms with Crippen molar-refractivity contribution in [3.8, 4) is 5.75 Å². The van der Waals surface area contributed by atoms with Crippen LogP contribution in [0.3, 0.4) is 0 Å². The number of alkyl carbamates (subject to hydrolysis) is 1. The molecule has 0 bridgehead atoms. The molecule has 0 aliphatic carbocycles. The fourth-order valence-corrected chi connectivity index (χ4v) is 1.91. The number of ether oxygens (including phenoxy) is 3. The zero-order valence-corrected chi connectivity index (χ0v) is 15.8. The Balaban J connectivity index is 2.11. The molecule has 1 aromatic rings. The summed E-state index contributed by atoms with van der Waals surface area (Å²) in [6.07, 6.45) is -0.429. The molecule has 5 nitrogen and oxygen atoms in total. The van der Waals surface area contributed by atoms with Crippen molar-refractivity contribution in [2.75, 3.05) is 26.4 Å². The second-order valence-corrected chi connectivity index (χ2v) is 7.66. The maximum absolute atomic E-state index is 11.4. The van der Waals surface area contributed by atoms with E-state index in [4.69, 9.17) is 14.2 Å². The van der Waals surface area contributed by atoms with Crippen molar-refractivity contribution in [1.29, 1.82) is 0 Å². The van der Waals surface area contributed by atoms with Crippen LogP contribution in [0.2, 0.25) is 0 Å². The number of amides is 1. The van der Waals surface area contributed by atoms with Crippen LogP contribution in [0.25, 0.3) is 0 Å². The molecule has 1 amide bonds. The van der Waals surface area contributed by atoms with Gasteiger partial charge in [0.15, 0.2) is 0 Å². The molecule has 1 rings (SSSR count). The Bertz CT molecular complexity index is 498. The molecule has 0 aromatic heterocycles. The summed E-state index contributed by atoms with van der Waals surface area (Å²) in [7, 11) is 0. The summed E-state index contributed by atoms with van der Waals surface area (Å²) in [6, 6.07) is 8.12. The average Bonchev–Trinajstić information content (AvgIpc) is 2.44. The first kappa shape index (κ1) is 20.3. The van der Waals surface area contributed by atoms with Crippen LogP contribution in [0, 0.1) is 0 Å². The van der Waals surface area contributed by atoms with Crippen molar-refractivity contribution in [3.63, 3.8) is 0 Å². The summed E-state index contributed by atoms with van der Waals surface area (Å²) in [6.45, 7) is 13.8. The first-order chi connectivity index (χ1) is 11.1. The number of rotatable bonds is 7. The fraction of sp³-hybridized carbons (Fsp3) is 0.632. The van der Waals surface area contributed by atoms with Gasteiger partial charge in [0.25, 0.3) is 0 Å². The molecule has 0 heterocycles. The van der Waals surface area contributed by atoms with E-state index in [-0.39, 0.29) is 5.41 Å². The molecule has 0 aliphatic heterocycles.